The third-order valence-electron chi connectivity index (χ3n) is 5.44. The zero-order valence-electron chi connectivity index (χ0n) is 15.9. The van der Waals surface area contributed by atoms with E-state index in [2.05, 4.69) is 24.1 Å². The molecule has 2 aliphatic heterocycles. The number of carbonyl (C=O) groups is 1. The fourth-order valence-corrected chi connectivity index (χ4v) is 4.29. The molecule has 0 unspecified atom stereocenters. The van der Waals surface area contributed by atoms with Crippen molar-refractivity contribution in [3.8, 4) is 0 Å². The van der Waals surface area contributed by atoms with Gasteiger partial charge in [-0.05, 0) is 38.0 Å². The van der Waals surface area contributed by atoms with Crippen LogP contribution < -0.4 is 21.1 Å². The summed E-state index contributed by atoms with van der Waals surface area (Å²) in [6.07, 6.45) is 2.35. The van der Waals surface area contributed by atoms with Crippen LogP contribution in [0, 0.1) is 11.8 Å². The van der Waals surface area contributed by atoms with Crippen LogP contribution >= 0.6 is 0 Å². The lowest BCUT2D eigenvalue weighted by atomic mass is 9.91. The molecule has 1 aromatic rings. The van der Waals surface area contributed by atoms with Crippen molar-refractivity contribution in [2.75, 3.05) is 43.0 Å². The molecule has 7 nitrogen and oxygen atoms in total. The Bertz CT molecular complexity index is 707. The molecule has 0 aliphatic carbocycles. The second-order valence-electron chi connectivity index (χ2n) is 7.84. The summed E-state index contributed by atoms with van der Waals surface area (Å²) >= 11 is 0. The van der Waals surface area contributed by atoms with Crippen molar-refractivity contribution < 1.29 is 9.53 Å². The van der Waals surface area contributed by atoms with Crippen LogP contribution in [-0.2, 0) is 4.74 Å². The number of anilines is 2. The largest absolute Gasteiger partial charge is 0.450 e. The molecule has 1 N–H and O–H groups in total. The predicted octanol–water partition coefficient (Wildman–Crippen LogP) is 1.80. The first-order valence-electron chi connectivity index (χ1n) is 9.67. The monoisotopic (exact) mass is 363 g/mol. The van der Waals surface area contributed by atoms with E-state index in [0.29, 0.717) is 42.9 Å². The minimum atomic E-state index is -0.404. The van der Waals surface area contributed by atoms with E-state index in [1.54, 1.807) is 11.8 Å². The number of amides is 1. The molecule has 7 heteroatoms. The van der Waals surface area contributed by atoms with Crippen molar-refractivity contribution in [3.63, 3.8) is 0 Å². The van der Waals surface area contributed by atoms with E-state index in [4.69, 9.17) is 4.74 Å². The SMILES string of the molecule is CCOC(=O)N1CCC(Nc2c(N3C[C@H](C)C[C@@H](C)C3)c(=O)c2=O)CC1. The summed E-state index contributed by atoms with van der Waals surface area (Å²) < 4.78 is 5.03. The van der Waals surface area contributed by atoms with Gasteiger partial charge in [0.1, 0.15) is 11.4 Å². The quantitative estimate of drug-likeness (QED) is 0.822. The molecule has 3 rings (SSSR count). The highest BCUT2D eigenvalue weighted by Gasteiger charge is 2.32. The number of nitrogens with zero attached hydrogens (tertiary/aromatic N) is 2. The van der Waals surface area contributed by atoms with Gasteiger partial charge in [-0.1, -0.05) is 13.8 Å². The maximum absolute atomic E-state index is 12.2. The fourth-order valence-electron chi connectivity index (χ4n) is 4.29. The van der Waals surface area contributed by atoms with Crippen LogP contribution in [0.15, 0.2) is 9.59 Å². The Morgan fingerprint density at radius 2 is 1.73 bits per heavy atom. The molecule has 2 atom stereocenters. The van der Waals surface area contributed by atoms with E-state index in [1.807, 2.05) is 0 Å². The van der Waals surface area contributed by atoms with E-state index in [9.17, 15) is 14.4 Å². The van der Waals surface area contributed by atoms with Crippen LogP contribution in [0.3, 0.4) is 0 Å². The smallest absolute Gasteiger partial charge is 0.409 e. The van der Waals surface area contributed by atoms with Crippen molar-refractivity contribution in [2.24, 2.45) is 11.8 Å². The van der Waals surface area contributed by atoms with Gasteiger partial charge in [-0.25, -0.2) is 4.79 Å². The third kappa shape index (κ3) is 3.71. The molecule has 26 heavy (non-hydrogen) atoms. The minimum Gasteiger partial charge on any atom is -0.450 e. The van der Waals surface area contributed by atoms with Gasteiger partial charge in [0.25, 0.3) is 10.9 Å². The van der Waals surface area contributed by atoms with Gasteiger partial charge in [0.05, 0.1) is 6.61 Å². The predicted molar refractivity (Wildman–Crippen MR) is 102 cm³/mol. The summed E-state index contributed by atoms with van der Waals surface area (Å²) in [5, 5.41) is 3.29. The van der Waals surface area contributed by atoms with E-state index >= 15 is 0 Å². The van der Waals surface area contributed by atoms with Gasteiger partial charge in [0.2, 0.25) is 0 Å². The van der Waals surface area contributed by atoms with Gasteiger partial charge in [-0.2, -0.15) is 0 Å². The number of hydrogen-bond donors (Lipinski definition) is 1. The first-order valence-corrected chi connectivity index (χ1v) is 9.67. The molecule has 1 aromatic carbocycles. The van der Waals surface area contributed by atoms with Crippen molar-refractivity contribution >= 4 is 17.5 Å². The van der Waals surface area contributed by atoms with Crippen molar-refractivity contribution in [1.82, 2.24) is 4.90 Å². The van der Waals surface area contributed by atoms with E-state index in [0.717, 1.165) is 32.4 Å². The average Bonchev–Trinajstić information content (AvgIpc) is 2.61. The van der Waals surface area contributed by atoms with E-state index in [-0.39, 0.29) is 17.6 Å². The van der Waals surface area contributed by atoms with Gasteiger partial charge in [-0.15, -0.1) is 0 Å². The van der Waals surface area contributed by atoms with Gasteiger partial charge >= 0.3 is 6.09 Å². The lowest BCUT2D eigenvalue weighted by Gasteiger charge is -2.38. The van der Waals surface area contributed by atoms with Crippen LogP contribution in [0.1, 0.15) is 40.0 Å². The zero-order chi connectivity index (χ0) is 18.8. The summed E-state index contributed by atoms with van der Waals surface area (Å²) in [5.74, 6) is 1.03. The number of rotatable bonds is 4. The van der Waals surface area contributed by atoms with E-state index in [1.165, 1.54) is 0 Å². The normalized spacial score (nSPS) is 24.7. The molecule has 0 spiro atoms. The number of hydrogen-bond acceptors (Lipinski definition) is 6. The lowest BCUT2D eigenvalue weighted by Crippen LogP contribution is -2.49. The van der Waals surface area contributed by atoms with Gasteiger partial charge in [0.15, 0.2) is 0 Å². The Kier molecular flexibility index (Phi) is 5.53. The zero-order valence-corrected chi connectivity index (χ0v) is 15.9. The van der Waals surface area contributed by atoms with Crippen molar-refractivity contribution in [3.05, 3.63) is 20.4 Å². The molecule has 2 aliphatic rings. The third-order valence-corrected chi connectivity index (χ3v) is 5.44. The highest BCUT2D eigenvalue weighted by atomic mass is 16.6. The maximum atomic E-state index is 12.2. The van der Waals surface area contributed by atoms with Crippen molar-refractivity contribution in [1.29, 1.82) is 0 Å². The summed E-state index contributed by atoms with van der Waals surface area (Å²) in [6, 6.07) is 0.0994. The standard InChI is InChI=1S/C19H29N3O4/c1-4-26-19(25)21-7-5-14(6-8-21)20-15-16(18(24)17(15)23)22-10-12(2)9-13(3)11-22/h12-14,20H,4-11H2,1-3H3/t12-,13-/m1/s1. The molecule has 2 saturated heterocycles. The molecule has 0 saturated carbocycles. The molecule has 2 fully saturated rings. The topological polar surface area (TPSA) is 79.0 Å². The van der Waals surface area contributed by atoms with Crippen molar-refractivity contribution in [2.45, 2.75) is 46.1 Å². The van der Waals surface area contributed by atoms with Crippen LogP contribution in [0.4, 0.5) is 16.2 Å². The Balaban J connectivity index is 1.63. The van der Waals surface area contributed by atoms with E-state index < -0.39 is 5.43 Å². The first-order chi connectivity index (χ1) is 12.4. The second-order valence-corrected chi connectivity index (χ2v) is 7.84. The Labute approximate surface area is 154 Å². The number of ether oxygens (including phenoxy) is 1. The Morgan fingerprint density at radius 3 is 2.31 bits per heavy atom. The van der Waals surface area contributed by atoms with Gasteiger partial charge < -0.3 is 19.9 Å². The first kappa shape index (κ1) is 18.7. The lowest BCUT2D eigenvalue weighted by molar-refractivity contribution is 0.0983. The Morgan fingerprint density at radius 1 is 1.12 bits per heavy atom. The molecule has 2 heterocycles. The minimum absolute atomic E-state index is 0.0994. The molecule has 1 amide bonds. The Hall–Kier alpha value is -2.05. The summed E-state index contributed by atoms with van der Waals surface area (Å²) in [4.78, 5) is 39.9. The average molecular weight is 363 g/mol. The highest BCUT2D eigenvalue weighted by molar-refractivity contribution is 5.75. The summed E-state index contributed by atoms with van der Waals surface area (Å²) in [6.45, 7) is 9.38. The van der Waals surface area contributed by atoms with Crippen LogP contribution in [-0.4, -0.2) is 49.8 Å². The van der Waals surface area contributed by atoms with Crippen LogP contribution in [0.5, 0.6) is 0 Å². The summed E-state index contributed by atoms with van der Waals surface area (Å²) in [5.41, 5.74) is 0.281. The second kappa shape index (κ2) is 7.68. The molecule has 0 bridgehead atoms. The number of nitrogens with one attached hydrogen (secondary N) is 1. The molecule has 144 valence electrons. The molecule has 0 radical (unpaired) electrons. The van der Waals surface area contributed by atoms with Crippen LogP contribution in [0.25, 0.3) is 0 Å². The highest BCUT2D eigenvalue weighted by Crippen LogP contribution is 2.29. The summed E-state index contributed by atoms with van der Waals surface area (Å²) in [7, 11) is 0. The number of carbonyl (C=O) groups excluding carboxylic acids is 1. The maximum Gasteiger partial charge on any atom is 0.409 e. The number of piperidine rings is 2. The van der Waals surface area contributed by atoms with Gasteiger partial charge in [-0.3, -0.25) is 9.59 Å². The molecular formula is C19H29N3O4. The fraction of sp³-hybridized carbons (Fsp3) is 0.737. The van der Waals surface area contributed by atoms with Crippen LogP contribution in [0.2, 0.25) is 0 Å². The number of likely N-dealkylation sites (tertiary alicyclic amines) is 1. The van der Waals surface area contributed by atoms with Gasteiger partial charge in [0, 0.05) is 32.2 Å². The molecular weight excluding hydrogens is 334 g/mol. The molecule has 0 aromatic heterocycles.